The fraction of sp³-hybridized carbons (Fsp3) is 0.467. The van der Waals surface area contributed by atoms with Crippen LogP contribution in [0.5, 0.6) is 0 Å². The van der Waals surface area contributed by atoms with E-state index in [1.165, 1.54) is 5.56 Å². The van der Waals surface area contributed by atoms with Crippen molar-refractivity contribution in [3.63, 3.8) is 0 Å². The van der Waals surface area contributed by atoms with E-state index in [0.717, 1.165) is 10.2 Å². The minimum absolute atomic E-state index is 0.0266. The van der Waals surface area contributed by atoms with Gasteiger partial charge in [-0.25, -0.2) is 4.68 Å². The molecule has 1 atom stereocenters. The van der Waals surface area contributed by atoms with Gasteiger partial charge in [0.1, 0.15) is 0 Å². The number of nitrogens with one attached hydrogen (secondary N) is 1. The van der Waals surface area contributed by atoms with Crippen LogP contribution in [0.4, 0.5) is 0 Å². The van der Waals surface area contributed by atoms with Gasteiger partial charge in [0, 0.05) is 17.1 Å². The van der Waals surface area contributed by atoms with Crippen molar-refractivity contribution in [1.29, 1.82) is 0 Å². The van der Waals surface area contributed by atoms with E-state index in [2.05, 4.69) is 71.4 Å². The Morgan fingerprint density at radius 2 is 2.10 bits per heavy atom. The summed E-state index contributed by atoms with van der Waals surface area (Å²) in [5, 5.41) is 11.8. The SMILES string of the molecule is C[C@H](NCc1cn(C(C)(C)C)nn1)c1cccc(Br)c1. The number of hydrogen-bond donors (Lipinski definition) is 1. The number of aromatic nitrogens is 3. The summed E-state index contributed by atoms with van der Waals surface area (Å²) in [6.07, 6.45) is 2.00. The first-order valence-corrected chi connectivity index (χ1v) is 7.56. The number of nitrogens with zero attached hydrogens (tertiary/aromatic N) is 3. The van der Waals surface area contributed by atoms with E-state index in [9.17, 15) is 0 Å². The monoisotopic (exact) mass is 336 g/mol. The molecule has 0 fully saturated rings. The summed E-state index contributed by atoms with van der Waals surface area (Å²) < 4.78 is 3.00. The molecule has 1 aromatic heterocycles. The van der Waals surface area contributed by atoms with Crippen LogP contribution >= 0.6 is 15.9 Å². The Labute approximate surface area is 128 Å². The third kappa shape index (κ3) is 3.90. The zero-order valence-electron chi connectivity index (χ0n) is 12.4. The Bertz CT molecular complexity index is 571. The van der Waals surface area contributed by atoms with Gasteiger partial charge in [-0.3, -0.25) is 0 Å². The lowest BCUT2D eigenvalue weighted by Gasteiger charge is -2.17. The Kier molecular flexibility index (Phi) is 4.60. The Morgan fingerprint density at radius 3 is 2.70 bits per heavy atom. The molecule has 0 bridgehead atoms. The molecule has 0 amide bonds. The lowest BCUT2D eigenvalue weighted by molar-refractivity contribution is 0.347. The summed E-state index contributed by atoms with van der Waals surface area (Å²) in [6.45, 7) is 9.20. The summed E-state index contributed by atoms with van der Waals surface area (Å²) in [7, 11) is 0. The third-order valence-electron chi connectivity index (χ3n) is 3.17. The quantitative estimate of drug-likeness (QED) is 0.926. The van der Waals surface area contributed by atoms with E-state index >= 15 is 0 Å². The molecule has 108 valence electrons. The minimum atomic E-state index is -0.0266. The maximum Gasteiger partial charge on any atom is 0.0965 e. The number of rotatable bonds is 4. The average molecular weight is 337 g/mol. The molecule has 5 heteroatoms. The van der Waals surface area contributed by atoms with Gasteiger partial charge in [-0.05, 0) is 45.4 Å². The van der Waals surface area contributed by atoms with Gasteiger partial charge in [-0.1, -0.05) is 33.3 Å². The molecule has 0 aliphatic carbocycles. The van der Waals surface area contributed by atoms with E-state index < -0.39 is 0 Å². The molecule has 1 heterocycles. The summed E-state index contributed by atoms with van der Waals surface area (Å²) >= 11 is 3.50. The molecule has 0 aliphatic heterocycles. The Hall–Kier alpha value is -1.20. The summed E-state index contributed by atoms with van der Waals surface area (Å²) in [5.41, 5.74) is 2.19. The van der Waals surface area contributed by atoms with Gasteiger partial charge < -0.3 is 5.32 Å². The zero-order valence-corrected chi connectivity index (χ0v) is 14.0. The molecule has 4 nitrogen and oxygen atoms in total. The molecule has 0 aliphatic rings. The molecule has 0 spiro atoms. The Balaban J connectivity index is 1.97. The Morgan fingerprint density at radius 1 is 1.35 bits per heavy atom. The lowest BCUT2D eigenvalue weighted by atomic mass is 10.1. The first-order valence-electron chi connectivity index (χ1n) is 6.77. The van der Waals surface area contributed by atoms with Crippen molar-refractivity contribution in [2.45, 2.75) is 45.8 Å². The van der Waals surface area contributed by atoms with Crippen LogP contribution in [-0.2, 0) is 12.1 Å². The van der Waals surface area contributed by atoms with Crippen molar-refractivity contribution in [3.8, 4) is 0 Å². The predicted octanol–water partition coefficient (Wildman–Crippen LogP) is 3.65. The molecule has 1 aromatic carbocycles. The van der Waals surface area contributed by atoms with Crippen molar-refractivity contribution >= 4 is 15.9 Å². The third-order valence-corrected chi connectivity index (χ3v) is 3.66. The van der Waals surface area contributed by atoms with Crippen LogP contribution in [0.1, 0.15) is 45.0 Å². The largest absolute Gasteiger partial charge is 0.304 e. The maximum atomic E-state index is 4.21. The van der Waals surface area contributed by atoms with Crippen molar-refractivity contribution < 1.29 is 0 Å². The molecule has 2 rings (SSSR count). The standard InChI is InChI=1S/C15H21BrN4/c1-11(12-6-5-7-13(16)8-12)17-9-14-10-20(19-18-14)15(2,3)4/h5-8,10-11,17H,9H2,1-4H3/t11-/m0/s1. The van der Waals surface area contributed by atoms with Gasteiger partial charge in [-0.2, -0.15) is 0 Å². The molecule has 20 heavy (non-hydrogen) atoms. The highest BCUT2D eigenvalue weighted by Gasteiger charge is 2.15. The number of halogens is 1. The van der Waals surface area contributed by atoms with Crippen LogP contribution in [0.2, 0.25) is 0 Å². The summed E-state index contributed by atoms with van der Waals surface area (Å²) in [6, 6.07) is 8.60. The number of benzene rings is 1. The van der Waals surface area contributed by atoms with Gasteiger partial charge in [0.15, 0.2) is 0 Å². The van der Waals surface area contributed by atoms with E-state index in [1.807, 2.05) is 23.0 Å². The molecule has 0 saturated carbocycles. The van der Waals surface area contributed by atoms with Gasteiger partial charge in [0.2, 0.25) is 0 Å². The molecule has 0 saturated heterocycles. The van der Waals surface area contributed by atoms with Crippen LogP contribution in [0, 0.1) is 0 Å². The highest BCUT2D eigenvalue weighted by Crippen LogP contribution is 2.18. The second-order valence-electron chi connectivity index (χ2n) is 5.98. The van der Waals surface area contributed by atoms with Crippen LogP contribution in [0.15, 0.2) is 34.9 Å². The average Bonchev–Trinajstić information content (AvgIpc) is 2.84. The number of hydrogen-bond acceptors (Lipinski definition) is 3. The van der Waals surface area contributed by atoms with Gasteiger partial charge in [0.25, 0.3) is 0 Å². The molecule has 0 unspecified atom stereocenters. The second-order valence-corrected chi connectivity index (χ2v) is 6.90. The molecular formula is C15H21BrN4. The highest BCUT2D eigenvalue weighted by molar-refractivity contribution is 9.10. The van der Waals surface area contributed by atoms with Crippen molar-refractivity contribution in [3.05, 3.63) is 46.2 Å². The minimum Gasteiger partial charge on any atom is -0.304 e. The molecule has 1 N–H and O–H groups in total. The first-order chi connectivity index (χ1) is 9.36. The van der Waals surface area contributed by atoms with Crippen LogP contribution in [-0.4, -0.2) is 15.0 Å². The van der Waals surface area contributed by atoms with E-state index in [4.69, 9.17) is 0 Å². The topological polar surface area (TPSA) is 42.7 Å². The normalized spacial score (nSPS) is 13.4. The molecule has 2 aromatic rings. The van der Waals surface area contributed by atoms with Crippen molar-refractivity contribution in [2.24, 2.45) is 0 Å². The van der Waals surface area contributed by atoms with E-state index in [-0.39, 0.29) is 11.6 Å². The van der Waals surface area contributed by atoms with Crippen LogP contribution < -0.4 is 5.32 Å². The second kappa shape index (κ2) is 6.06. The highest BCUT2D eigenvalue weighted by atomic mass is 79.9. The van der Waals surface area contributed by atoms with Gasteiger partial charge >= 0.3 is 0 Å². The maximum absolute atomic E-state index is 4.21. The van der Waals surface area contributed by atoms with Crippen molar-refractivity contribution in [2.75, 3.05) is 0 Å². The van der Waals surface area contributed by atoms with E-state index in [0.29, 0.717) is 6.54 Å². The summed E-state index contributed by atoms with van der Waals surface area (Å²) in [5.74, 6) is 0. The van der Waals surface area contributed by atoms with Crippen LogP contribution in [0.25, 0.3) is 0 Å². The summed E-state index contributed by atoms with van der Waals surface area (Å²) in [4.78, 5) is 0. The van der Waals surface area contributed by atoms with Crippen LogP contribution in [0.3, 0.4) is 0 Å². The zero-order chi connectivity index (χ0) is 14.8. The van der Waals surface area contributed by atoms with Crippen molar-refractivity contribution in [1.82, 2.24) is 20.3 Å². The van der Waals surface area contributed by atoms with Gasteiger partial charge in [0.05, 0.1) is 17.4 Å². The molecular weight excluding hydrogens is 316 g/mol. The predicted molar refractivity (Wildman–Crippen MR) is 84.4 cm³/mol. The fourth-order valence-electron chi connectivity index (χ4n) is 1.86. The molecule has 0 radical (unpaired) electrons. The lowest BCUT2D eigenvalue weighted by Crippen LogP contribution is -2.22. The smallest absolute Gasteiger partial charge is 0.0965 e. The first kappa shape index (κ1) is 15.2. The fourth-order valence-corrected chi connectivity index (χ4v) is 2.28. The van der Waals surface area contributed by atoms with Gasteiger partial charge in [-0.15, -0.1) is 5.10 Å². The van der Waals surface area contributed by atoms with E-state index in [1.54, 1.807) is 0 Å².